The number of carbonyl (C=O) groups excluding carboxylic acids is 6. The number of carbonyl (C=O) groups is 6. The Morgan fingerprint density at radius 2 is 0.654 bits per heavy atom. The first-order valence-corrected chi connectivity index (χ1v) is 5.61. The number of hydrogen-bond donors (Lipinski definition) is 0. The van der Waals surface area contributed by atoms with Gasteiger partial charge in [-0.15, -0.1) is 0 Å². The van der Waals surface area contributed by atoms with Crippen LogP contribution >= 0.6 is 0 Å². The molecule has 0 radical (unpaired) electrons. The minimum atomic E-state index is -4.11. The third kappa shape index (κ3) is 4.13. The Morgan fingerprint density at radius 3 is 0.769 bits per heavy atom. The standard InChI is InChI=1S/C11H10O12.3Ca/c12-3(13)9(4(14)15)1-10(5(16)17,6(18)19)11(2-9,7(20)21)8(22)23;;;/h1-2H2,(H,12,13)(H,14,15)(H,16,17)(H,18,19)(H,20,21)(H,22,23);;;/q;3*+2/p-6. The minimum absolute atomic E-state index is 0. The van der Waals surface area contributed by atoms with Gasteiger partial charge in [-0.25, -0.2) is 0 Å². The normalized spacial score (nSPS) is 18.0. The summed E-state index contributed by atoms with van der Waals surface area (Å²) in [7, 11) is 0. The van der Waals surface area contributed by atoms with Crippen molar-refractivity contribution >= 4 is 149 Å². The van der Waals surface area contributed by atoms with Crippen LogP contribution < -0.4 is 30.6 Å². The van der Waals surface area contributed by atoms with Crippen molar-refractivity contribution in [1.82, 2.24) is 0 Å². The Hall–Kier alpha value is 0.599. The average Bonchev–Trinajstić information content (AvgIpc) is 2.74. The summed E-state index contributed by atoms with van der Waals surface area (Å²) >= 11 is 0. The van der Waals surface area contributed by atoms with Crippen LogP contribution in [0.2, 0.25) is 0 Å². The zero-order valence-electron chi connectivity index (χ0n) is 12.9. The first-order chi connectivity index (χ1) is 10.3. The molecule has 15 heteroatoms. The molecule has 0 atom stereocenters. The smallest absolute Gasteiger partial charge is 0.549 e. The number of hydrogen-bond acceptors (Lipinski definition) is 12. The van der Waals surface area contributed by atoms with Crippen molar-refractivity contribution in [3.05, 3.63) is 0 Å². The van der Waals surface area contributed by atoms with Gasteiger partial charge in [-0.1, -0.05) is 0 Å². The van der Waals surface area contributed by atoms with Crippen molar-refractivity contribution in [2.45, 2.75) is 12.8 Å². The maximum Gasteiger partial charge on any atom is 2.00 e. The molecule has 0 amide bonds. The zero-order valence-corrected chi connectivity index (χ0v) is 19.6. The van der Waals surface area contributed by atoms with E-state index in [9.17, 15) is 59.4 Å². The van der Waals surface area contributed by atoms with Crippen LogP contribution in [0.3, 0.4) is 0 Å². The van der Waals surface area contributed by atoms with Gasteiger partial charge in [0.1, 0.15) is 0 Å². The van der Waals surface area contributed by atoms with Gasteiger partial charge < -0.3 is 59.4 Å². The molecule has 26 heavy (non-hydrogen) atoms. The van der Waals surface area contributed by atoms with Crippen molar-refractivity contribution < 1.29 is 59.4 Å². The topological polar surface area (TPSA) is 241 Å². The molecule has 12 nitrogen and oxygen atoms in total. The summed E-state index contributed by atoms with van der Waals surface area (Å²) in [5.74, 6) is -16.9. The first-order valence-electron chi connectivity index (χ1n) is 5.61. The molecule has 0 unspecified atom stereocenters. The summed E-state index contributed by atoms with van der Waals surface area (Å²) in [4.78, 5) is 66.8. The first kappa shape index (κ1) is 31.3. The molecule has 1 aliphatic rings. The summed E-state index contributed by atoms with van der Waals surface area (Å²) in [5.41, 5.74) is -11.8. The molecule has 0 N–H and O–H groups in total. The zero-order chi connectivity index (χ0) is 18.4. The molecule has 1 rings (SSSR count). The van der Waals surface area contributed by atoms with Crippen LogP contribution in [0, 0.1) is 16.2 Å². The molecule has 0 aromatic carbocycles. The Labute approximate surface area is 233 Å². The van der Waals surface area contributed by atoms with Gasteiger partial charge in [-0.2, -0.15) is 0 Å². The second kappa shape index (κ2) is 10.4. The van der Waals surface area contributed by atoms with E-state index in [4.69, 9.17) is 0 Å². The fraction of sp³-hybridized carbons (Fsp3) is 0.455. The molecule has 126 valence electrons. The van der Waals surface area contributed by atoms with Crippen molar-refractivity contribution in [3.8, 4) is 0 Å². The second-order valence-corrected chi connectivity index (χ2v) is 4.97. The van der Waals surface area contributed by atoms with Crippen molar-refractivity contribution in [2.75, 3.05) is 0 Å². The molecule has 0 aromatic rings. The predicted molar refractivity (Wildman–Crippen MR) is 63.8 cm³/mol. The number of carboxylic acid groups (broad SMARTS) is 6. The van der Waals surface area contributed by atoms with E-state index in [-0.39, 0.29) is 113 Å². The van der Waals surface area contributed by atoms with E-state index in [1.807, 2.05) is 0 Å². The molecule has 0 bridgehead atoms. The fourth-order valence-electron chi connectivity index (χ4n) is 2.79. The number of carboxylic acids is 6. The molecule has 0 aromatic heterocycles. The van der Waals surface area contributed by atoms with Crippen LogP contribution in [0.1, 0.15) is 12.8 Å². The molecule has 0 spiro atoms. The van der Waals surface area contributed by atoms with Gasteiger partial charge in [-0.05, 0) is 12.8 Å². The van der Waals surface area contributed by atoms with E-state index >= 15 is 0 Å². The van der Waals surface area contributed by atoms with Crippen LogP contribution in [0.15, 0.2) is 0 Å². The van der Waals surface area contributed by atoms with E-state index in [0.717, 1.165) is 0 Å². The van der Waals surface area contributed by atoms with Gasteiger partial charge in [0.05, 0.1) is 52.1 Å². The molecule has 1 saturated carbocycles. The minimum Gasteiger partial charge on any atom is -0.549 e. The molecule has 1 fully saturated rings. The van der Waals surface area contributed by atoms with E-state index in [2.05, 4.69) is 0 Å². The largest absolute Gasteiger partial charge is 2.00 e. The molecule has 0 aliphatic heterocycles. The van der Waals surface area contributed by atoms with Crippen molar-refractivity contribution in [2.24, 2.45) is 16.2 Å². The summed E-state index contributed by atoms with van der Waals surface area (Å²) in [5, 5.41) is 66.8. The van der Waals surface area contributed by atoms with E-state index in [1.54, 1.807) is 0 Å². The van der Waals surface area contributed by atoms with Gasteiger partial charge >= 0.3 is 113 Å². The third-order valence-corrected chi connectivity index (χ3v) is 4.04. The van der Waals surface area contributed by atoms with Crippen LogP contribution in [0.4, 0.5) is 0 Å². The average molecular weight is 448 g/mol. The molecule has 0 heterocycles. The molecule has 1 aliphatic carbocycles. The molecular formula is C11H4Ca3O12. The summed E-state index contributed by atoms with van der Waals surface area (Å²) in [6, 6.07) is 0. The quantitative estimate of drug-likeness (QED) is 0.272. The SMILES string of the molecule is O=C([O-])C1(C(=O)[O-])CC(C(=O)[O-])(C(=O)[O-])C(C(=O)[O-])(C(=O)[O-])C1.[Ca+2].[Ca+2].[Ca+2]. The maximum absolute atomic E-state index is 11.2. The summed E-state index contributed by atoms with van der Waals surface area (Å²) in [6.45, 7) is 0. The van der Waals surface area contributed by atoms with Gasteiger partial charge in [0.2, 0.25) is 0 Å². The van der Waals surface area contributed by atoms with E-state index in [1.165, 1.54) is 0 Å². The third-order valence-electron chi connectivity index (χ3n) is 4.04. The van der Waals surface area contributed by atoms with Crippen molar-refractivity contribution in [1.29, 1.82) is 0 Å². The molecule has 0 saturated heterocycles. The second-order valence-electron chi connectivity index (χ2n) is 4.97. The van der Waals surface area contributed by atoms with E-state index in [0.29, 0.717) is 0 Å². The van der Waals surface area contributed by atoms with Crippen molar-refractivity contribution in [3.63, 3.8) is 0 Å². The summed E-state index contributed by atoms with van der Waals surface area (Å²) in [6.07, 6.45) is -4.14. The number of aliphatic carboxylic acids is 6. The van der Waals surface area contributed by atoms with Gasteiger partial charge in [0.15, 0.2) is 0 Å². The van der Waals surface area contributed by atoms with Crippen LogP contribution in [0.25, 0.3) is 0 Å². The predicted octanol–water partition coefficient (Wildman–Crippen LogP) is -10.9. The van der Waals surface area contributed by atoms with Crippen LogP contribution in [-0.2, 0) is 28.8 Å². The Balaban J connectivity index is -0.00000176. The monoisotopic (exact) mass is 448 g/mol. The number of rotatable bonds is 6. The fourth-order valence-corrected chi connectivity index (χ4v) is 2.79. The Morgan fingerprint density at radius 1 is 0.462 bits per heavy atom. The Bertz CT molecular complexity index is 573. The van der Waals surface area contributed by atoms with Gasteiger partial charge in [0, 0.05) is 0 Å². The maximum atomic E-state index is 11.2. The van der Waals surface area contributed by atoms with Crippen LogP contribution in [-0.4, -0.2) is 149 Å². The van der Waals surface area contributed by atoms with Gasteiger partial charge in [-0.3, -0.25) is 0 Å². The van der Waals surface area contributed by atoms with Crippen LogP contribution in [0.5, 0.6) is 0 Å². The summed E-state index contributed by atoms with van der Waals surface area (Å²) < 4.78 is 0. The molecular weight excluding hydrogens is 444 g/mol. The van der Waals surface area contributed by atoms with Gasteiger partial charge in [0.25, 0.3) is 0 Å². The van der Waals surface area contributed by atoms with E-state index < -0.39 is 64.9 Å². The Kier molecular flexibility index (Phi) is 12.5.